The molecule has 0 aliphatic rings. The molecule has 0 unspecified atom stereocenters. The molecule has 2 aromatic rings. The number of aromatic nitrogens is 2. The van der Waals surface area contributed by atoms with Crippen molar-refractivity contribution in [3.63, 3.8) is 0 Å². The second-order valence-corrected chi connectivity index (χ2v) is 8.61. The number of rotatable bonds is 9. The summed E-state index contributed by atoms with van der Waals surface area (Å²) in [4.78, 5) is 22.3. The fourth-order valence-corrected chi connectivity index (χ4v) is 4.08. The molecular weight excluding hydrogens is 414 g/mol. The molecule has 11 nitrogen and oxygen atoms in total. The van der Waals surface area contributed by atoms with E-state index < -0.39 is 26.7 Å². The van der Waals surface area contributed by atoms with Crippen molar-refractivity contribution in [2.75, 3.05) is 6.54 Å². The van der Waals surface area contributed by atoms with E-state index in [2.05, 4.69) is 15.1 Å². The summed E-state index contributed by atoms with van der Waals surface area (Å²) < 4.78 is 34.9. The van der Waals surface area contributed by atoms with E-state index in [0.717, 1.165) is 18.6 Å². The minimum absolute atomic E-state index is 0.125. The highest BCUT2D eigenvalue weighted by Gasteiger charge is 2.27. The standard InChI is InChI=1S/C18H25N5O6S/c1-6-9-19-17(24)16-12(4)18(22(5)20-16)29-14-8-7-13(23(25)26)10-15(14)30(27,28)21-11(2)3/h7-8,10-11,21H,6,9H2,1-5H3,(H,19,24). The zero-order valence-corrected chi connectivity index (χ0v) is 18.2. The summed E-state index contributed by atoms with van der Waals surface area (Å²) in [7, 11) is -2.56. The number of sulfonamides is 1. The number of carbonyl (C=O) groups is 1. The van der Waals surface area contributed by atoms with Crippen LogP contribution in [0.2, 0.25) is 0 Å². The lowest BCUT2D eigenvalue weighted by Crippen LogP contribution is -2.30. The Balaban J connectivity index is 2.52. The van der Waals surface area contributed by atoms with Crippen molar-refractivity contribution in [1.29, 1.82) is 0 Å². The molecule has 12 heteroatoms. The largest absolute Gasteiger partial charge is 0.438 e. The highest BCUT2D eigenvalue weighted by Crippen LogP contribution is 2.34. The molecule has 164 valence electrons. The average molecular weight is 439 g/mol. The molecule has 0 aliphatic carbocycles. The molecule has 0 saturated heterocycles. The van der Waals surface area contributed by atoms with E-state index in [1.807, 2.05) is 6.92 Å². The summed E-state index contributed by atoms with van der Waals surface area (Å²) in [6.45, 7) is 7.28. The third-order valence-corrected chi connectivity index (χ3v) is 5.68. The molecule has 1 heterocycles. The number of amides is 1. The number of ether oxygens (including phenoxy) is 1. The lowest BCUT2D eigenvalue weighted by Gasteiger charge is -2.14. The van der Waals surface area contributed by atoms with Crippen LogP contribution in [0.1, 0.15) is 43.2 Å². The number of non-ortho nitro benzene ring substituents is 1. The molecule has 2 N–H and O–H groups in total. The third kappa shape index (κ3) is 5.13. The van der Waals surface area contributed by atoms with Gasteiger partial charge in [0, 0.05) is 37.3 Å². The summed E-state index contributed by atoms with van der Waals surface area (Å²) in [5.41, 5.74) is 0.157. The molecule has 0 saturated carbocycles. The molecule has 30 heavy (non-hydrogen) atoms. The van der Waals surface area contributed by atoms with Gasteiger partial charge in [-0.1, -0.05) is 6.92 Å². The first kappa shape index (κ1) is 23.3. The number of nitrogens with zero attached hydrogens (tertiary/aromatic N) is 3. The Morgan fingerprint density at radius 3 is 2.60 bits per heavy atom. The minimum Gasteiger partial charge on any atom is -0.438 e. The van der Waals surface area contributed by atoms with Gasteiger partial charge >= 0.3 is 0 Å². The van der Waals surface area contributed by atoms with Gasteiger partial charge in [-0.2, -0.15) is 5.10 Å². The maximum absolute atomic E-state index is 12.7. The van der Waals surface area contributed by atoms with Crippen LogP contribution in [-0.2, 0) is 17.1 Å². The van der Waals surface area contributed by atoms with E-state index in [9.17, 15) is 23.3 Å². The van der Waals surface area contributed by atoms with Crippen LogP contribution in [0, 0.1) is 17.0 Å². The van der Waals surface area contributed by atoms with Crippen molar-refractivity contribution in [1.82, 2.24) is 19.8 Å². The third-order valence-electron chi connectivity index (χ3n) is 4.00. The van der Waals surface area contributed by atoms with Crippen molar-refractivity contribution in [3.8, 4) is 11.6 Å². The maximum atomic E-state index is 12.7. The van der Waals surface area contributed by atoms with Crippen LogP contribution < -0.4 is 14.8 Å². The number of benzene rings is 1. The second-order valence-electron chi connectivity index (χ2n) is 6.92. The first-order valence-corrected chi connectivity index (χ1v) is 10.8. The Bertz CT molecular complexity index is 1060. The number of hydrogen-bond donors (Lipinski definition) is 2. The lowest BCUT2D eigenvalue weighted by molar-refractivity contribution is -0.385. The molecule has 0 spiro atoms. The Labute approximate surface area is 174 Å². The lowest BCUT2D eigenvalue weighted by atomic mass is 10.2. The van der Waals surface area contributed by atoms with E-state index in [-0.39, 0.29) is 28.1 Å². The SMILES string of the molecule is CCCNC(=O)c1nn(C)c(Oc2ccc([N+](=O)[O-])cc2S(=O)(=O)NC(C)C)c1C. The smallest absolute Gasteiger partial charge is 0.272 e. The van der Waals surface area contributed by atoms with Gasteiger partial charge in [-0.25, -0.2) is 17.8 Å². The number of nitro groups is 1. The van der Waals surface area contributed by atoms with Crippen LogP contribution in [0.15, 0.2) is 23.1 Å². The molecule has 1 aromatic heterocycles. The molecular formula is C18H25N5O6S. The van der Waals surface area contributed by atoms with Crippen molar-refractivity contribution in [2.24, 2.45) is 7.05 Å². The highest BCUT2D eigenvalue weighted by molar-refractivity contribution is 7.89. The van der Waals surface area contributed by atoms with E-state index >= 15 is 0 Å². The Morgan fingerprint density at radius 2 is 2.03 bits per heavy atom. The first-order valence-electron chi connectivity index (χ1n) is 9.28. The van der Waals surface area contributed by atoms with Crippen molar-refractivity contribution in [2.45, 2.75) is 45.1 Å². The van der Waals surface area contributed by atoms with Crippen LogP contribution in [0.5, 0.6) is 11.6 Å². The van der Waals surface area contributed by atoms with Gasteiger partial charge in [0.15, 0.2) is 5.69 Å². The van der Waals surface area contributed by atoms with Crippen LogP contribution in [0.3, 0.4) is 0 Å². The van der Waals surface area contributed by atoms with Gasteiger partial charge in [-0.15, -0.1) is 0 Å². The highest BCUT2D eigenvalue weighted by atomic mass is 32.2. The van der Waals surface area contributed by atoms with Gasteiger partial charge < -0.3 is 10.1 Å². The molecule has 1 amide bonds. The second kappa shape index (κ2) is 9.22. The predicted octanol–water partition coefficient (Wildman–Crippen LogP) is 2.26. The quantitative estimate of drug-likeness (QED) is 0.450. The summed E-state index contributed by atoms with van der Waals surface area (Å²) >= 11 is 0. The minimum atomic E-state index is -4.10. The number of nitrogens with one attached hydrogen (secondary N) is 2. The van der Waals surface area contributed by atoms with Crippen LogP contribution in [0.25, 0.3) is 0 Å². The Morgan fingerprint density at radius 1 is 1.37 bits per heavy atom. The zero-order chi connectivity index (χ0) is 22.6. The summed E-state index contributed by atoms with van der Waals surface area (Å²) in [6.07, 6.45) is 0.758. The fourth-order valence-electron chi connectivity index (χ4n) is 2.68. The van der Waals surface area contributed by atoms with E-state index in [4.69, 9.17) is 4.74 Å². The molecule has 0 aliphatic heterocycles. The van der Waals surface area contributed by atoms with Gasteiger partial charge in [0.05, 0.1) is 4.92 Å². The summed E-state index contributed by atoms with van der Waals surface area (Å²) in [6, 6.07) is 2.84. The summed E-state index contributed by atoms with van der Waals surface area (Å²) in [5.74, 6) is -0.357. The van der Waals surface area contributed by atoms with Crippen LogP contribution in [0.4, 0.5) is 5.69 Å². The van der Waals surface area contributed by atoms with Gasteiger partial charge in [-0.05, 0) is 33.3 Å². The Hall–Kier alpha value is -2.99. The summed E-state index contributed by atoms with van der Waals surface area (Å²) in [5, 5.41) is 18.0. The normalized spacial score (nSPS) is 11.5. The van der Waals surface area contributed by atoms with E-state index in [1.54, 1.807) is 27.8 Å². The monoisotopic (exact) mass is 439 g/mol. The molecule has 2 rings (SSSR count). The van der Waals surface area contributed by atoms with Crippen molar-refractivity contribution >= 4 is 21.6 Å². The van der Waals surface area contributed by atoms with Crippen molar-refractivity contribution in [3.05, 3.63) is 39.6 Å². The fraction of sp³-hybridized carbons (Fsp3) is 0.444. The number of hydrogen-bond acceptors (Lipinski definition) is 7. The van der Waals surface area contributed by atoms with E-state index in [1.165, 1.54) is 10.7 Å². The molecule has 0 fully saturated rings. The molecule has 0 atom stereocenters. The van der Waals surface area contributed by atoms with Gasteiger partial charge in [0.1, 0.15) is 10.6 Å². The molecule has 0 radical (unpaired) electrons. The number of nitro benzene ring substituents is 1. The molecule has 0 bridgehead atoms. The predicted molar refractivity (Wildman–Crippen MR) is 109 cm³/mol. The van der Waals surface area contributed by atoms with Gasteiger partial charge in [-0.3, -0.25) is 14.9 Å². The van der Waals surface area contributed by atoms with Crippen LogP contribution >= 0.6 is 0 Å². The van der Waals surface area contributed by atoms with E-state index in [0.29, 0.717) is 12.1 Å². The molecule has 1 aromatic carbocycles. The number of carbonyl (C=O) groups excluding carboxylic acids is 1. The van der Waals surface area contributed by atoms with Crippen molar-refractivity contribution < 1.29 is 22.9 Å². The maximum Gasteiger partial charge on any atom is 0.272 e. The topological polar surface area (TPSA) is 145 Å². The Kier molecular flexibility index (Phi) is 7.16. The number of aryl methyl sites for hydroxylation is 1. The van der Waals surface area contributed by atoms with Crippen LogP contribution in [-0.4, -0.2) is 41.6 Å². The van der Waals surface area contributed by atoms with Gasteiger partial charge in [0.2, 0.25) is 15.9 Å². The average Bonchev–Trinajstić information content (AvgIpc) is 2.93. The first-order chi connectivity index (χ1) is 14.0. The zero-order valence-electron chi connectivity index (χ0n) is 17.4. The van der Waals surface area contributed by atoms with Gasteiger partial charge in [0.25, 0.3) is 11.6 Å².